The van der Waals surface area contributed by atoms with Crippen LogP contribution >= 0.6 is 0 Å². The average Bonchev–Trinajstić information content (AvgIpc) is 2.55. The fourth-order valence-electron chi connectivity index (χ4n) is 3.73. The molecular formula is C17H25FN4O. The van der Waals surface area contributed by atoms with Crippen molar-refractivity contribution < 1.29 is 9.18 Å². The van der Waals surface area contributed by atoms with Crippen molar-refractivity contribution in [2.75, 3.05) is 50.7 Å². The van der Waals surface area contributed by atoms with Gasteiger partial charge in [0, 0.05) is 38.8 Å². The van der Waals surface area contributed by atoms with Gasteiger partial charge in [-0.2, -0.15) is 0 Å². The van der Waals surface area contributed by atoms with Gasteiger partial charge in [0.05, 0.1) is 12.2 Å². The zero-order valence-electron chi connectivity index (χ0n) is 13.5. The summed E-state index contributed by atoms with van der Waals surface area (Å²) < 4.78 is 13.9. The Kier molecular flexibility index (Phi) is 5.13. The molecule has 1 amide bonds. The number of primary amides is 1. The molecule has 2 fully saturated rings. The molecule has 2 aliphatic rings. The van der Waals surface area contributed by atoms with E-state index in [1.165, 1.54) is 6.07 Å². The molecule has 1 atom stereocenters. The predicted molar refractivity (Wildman–Crippen MR) is 88.8 cm³/mol. The number of carbonyl (C=O) groups excluding carboxylic acids is 1. The molecule has 6 heteroatoms. The van der Waals surface area contributed by atoms with Crippen molar-refractivity contribution in [2.24, 2.45) is 5.73 Å². The van der Waals surface area contributed by atoms with Crippen molar-refractivity contribution in [3.63, 3.8) is 0 Å². The fourth-order valence-corrected chi connectivity index (χ4v) is 3.73. The monoisotopic (exact) mass is 320 g/mol. The second kappa shape index (κ2) is 7.27. The van der Waals surface area contributed by atoms with Crippen LogP contribution in [0.1, 0.15) is 12.8 Å². The average molecular weight is 320 g/mol. The molecule has 1 aromatic rings. The normalized spacial score (nSPS) is 23.9. The van der Waals surface area contributed by atoms with E-state index < -0.39 is 0 Å². The zero-order chi connectivity index (χ0) is 16.2. The van der Waals surface area contributed by atoms with E-state index in [0.717, 1.165) is 52.1 Å². The highest BCUT2D eigenvalue weighted by Gasteiger charge is 2.29. The van der Waals surface area contributed by atoms with Crippen LogP contribution in [0.3, 0.4) is 0 Å². The topological polar surface area (TPSA) is 52.8 Å². The lowest BCUT2D eigenvalue weighted by atomic mass is 10.0. The molecule has 0 aliphatic carbocycles. The number of piperidine rings is 1. The first-order chi connectivity index (χ1) is 11.1. The number of nitrogens with two attached hydrogens (primary N) is 1. The van der Waals surface area contributed by atoms with Crippen LogP contribution in [-0.4, -0.2) is 67.6 Å². The molecule has 0 aromatic heterocycles. The Hall–Kier alpha value is -1.66. The maximum atomic E-state index is 13.9. The Labute approximate surface area is 136 Å². The summed E-state index contributed by atoms with van der Waals surface area (Å²) in [5, 5.41) is 0. The van der Waals surface area contributed by atoms with E-state index >= 15 is 0 Å². The molecule has 0 bridgehead atoms. The molecule has 2 aliphatic heterocycles. The van der Waals surface area contributed by atoms with E-state index in [4.69, 9.17) is 5.73 Å². The van der Waals surface area contributed by atoms with E-state index in [1.54, 1.807) is 6.07 Å². The van der Waals surface area contributed by atoms with Crippen molar-refractivity contribution in [1.29, 1.82) is 0 Å². The lowest BCUT2D eigenvalue weighted by Gasteiger charge is -2.43. The van der Waals surface area contributed by atoms with E-state index in [2.05, 4.69) is 14.7 Å². The highest BCUT2D eigenvalue weighted by molar-refractivity contribution is 5.75. The largest absolute Gasteiger partial charge is 0.369 e. The van der Waals surface area contributed by atoms with Gasteiger partial charge in [-0.25, -0.2) is 4.39 Å². The molecule has 2 N–H and O–H groups in total. The fraction of sp³-hybridized carbons (Fsp3) is 0.588. The summed E-state index contributed by atoms with van der Waals surface area (Å²) >= 11 is 0. The number of hydrogen-bond donors (Lipinski definition) is 1. The molecule has 1 aromatic carbocycles. The Morgan fingerprint density at radius 1 is 1.17 bits per heavy atom. The second-order valence-corrected chi connectivity index (χ2v) is 6.47. The molecule has 126 valence electrons. The smallest absolute Gasteiger partial charge is 0.231 e. The number of nitrogens with zero attached hydrogens (tertiary/aromatic N) is 3. The first-order valence-electron chi connectivity index (χ1n) is 8.37. The van der Waals surface area contributed by atoms with Gasteiger partial charge in [-0.3, -0.25) is 14.6 Å². The minimum atomic E-state index is -0.255. The van der Waals surface area contributed by atoms with E-state index in [0.29, 0.717) is 18.3 Å². The molecule has 3 rings (SSSR count). The van der Waals surface area contributed by atoms with Gasteiger partial charge in [0.25, 0.3) is 0 Å². The Morgan fingerprint density at radius 3 is 2.61 bits per heavy atom. The summed E-state index contributed by atoms with van der Waals surface area (Å²) in [7, 11) is 0. The second-order valence-electron chi connectivity index (χ2n) is 6.47. The third kappa shape index (κ3) is 4.00. The molecule has 0 spiro atoms. The number of benzene rings is 1. The number of carbonyl (C=O) groups is 1. The molecule has 2 saturated heterocycles. The van der Waals surface area contributed by atoms with Crippen molar-refractivity contribution >= 4 is 11.6 Å². The minimum Gasteiger partial charge on any atom is -0.369 e. The van der Waals surface area contributed by atoms with Gasteiger partial charge in [0.2, 0.25) is 5.91 Å². The van der Waals surface area contributed by atoms with Crippen LogP contribution < -0.4 is 10.6 Å². The summed E-state index contributed by atoms with van der Waals surface area (Å²) in [5.74, 6) is -0.402. The molecule has 5 nitrogen and oxygen atoms in total. The number of rotatable bonds is 4. The van der Waals surface area contributed by atoms with Crippen molar-refractivity contribution in [3.8, 4) is 0 Å². The van der Waals surface area contributed by atoms with E-state index in [1.807, 2.05) is 12.1 Å². The number of piperazine rings is 1. The van der Waals surface area contributed by atoms with Crippen LogP contribution in [0, 0.1) is 5.82 Å². The Bertz CT molecular complexity index is 545. The van der Waals surface area contributed by atoms with E-state index in [9.17, 15) is 9.18 Å². The van der Waals surface area contributed by atoms with Crippen LogP contribution in [-0.2, 0) is 4.79 Å². The van der Waals surface area contributed by atoms with Crippen LogP contribution in [0.25, 0.3) is 0 Å². The van der Waals surface area contributed by atoms with Gasteiger partial charge < -0.3 is 10.6 Å². The van der Waals surface area contributed by atoms with Gasteiger partial charge in [0.15, 0.2) is 0 Å². The van der Waals surface area contributed by atoms with Crippen molar-refractivity contribution in [1.82, 2.24) is 9.80 Å². The standard InChI is InChI=1S/C17H25FN4O/c18-15-5-1-2-6-16(15)22-10-8-21(9-11-22)14-4-3-7-20(12-14)13-17(19)23/h1-2,5-6,14H,3-4,7-13H2,(H2,19,23)/t14-/m1/s1. The summed E-state index contributed by atoms with van der Waals surface area (Å²) in [6.45, 7) is 5.76. The number of amides is 1. The number of para-hydroxylation sites is 1. The maximum Gasteiger partial charge on any atom is 0.231 e. The highest BCUT2D eigenvalue weighted by Crippen LogP contribution is 2.22. The molecule has 0 saturated carbocycles. The molecule has 0 unspecified atom stereocenters. The van der Waals surface area contributed by atoms with E-state index in [-0.39, 0.29) is 11.7 Å². The Morgan fingerprint density at radius 2 is 1.91 bits per heavy atom. The minimum absolute atomic E-state index is 0.147. The van der Waals surface area contributed by atoms with Gasteiger partial charge in [-0.1, -0.05) is 12.1 Å². The van der Waals surface area contributed by atoms with Crippen LogP contribution in [0.15, 0.2) is 24.3 Å². The first kappa shape index (κ1) is 16.2. The van der Waals surface area contributed by atoms with Gasteiger partial charge in [0.1, 0.15) is 5.82 Å². The Balaban J connectivity index is 1.54. The van der Waals surface area contributed by atoms with Crippen molar-refractivity contribution in [2.45, 2.75) is 18.9 Å². The number of halogens is 1. The quantitative estimate of drug-likeness (QED) is 0.895. The van der Waals surface area contributed by atoms with Gasteiger partial charge in [-0.05, 0) is 31.5 Å². The van der Waals surface area contributed by atoms with Gasteiger partial charge >= 0.3 is 0 Å². The summed E-state index contributed by atoms with van der Waals surface area (Å²) in [6, 6.07) is 7.45. The summed E-state index contributed by atoms with van der Waals surface area (Å²) in [5.41, 5.74) is 6.01. The third-order valence-corrected chi connectivity index (χ3v) is 4.88. The summed E-state index contributed by atoms with van der Waals surface area (Å²) in [6.07, 6.45) is 2.26. The number of likely N-dealkylation sites (tertiary alicyclic amines) is 1. The zero-order valence-corrected chi connectivity index (χ0v) is 13.5. The van der Waals surface area contributed by atoms with Crippen LogP contribution in [0.4, 0.5) is 10.1 Å². The highest BCUT2D eigenvalue weighted by atomic mass is 19.1. The van der Waals surface area contributed by atoms with Crippen LogP contribution in [0.2, 0.25) is 0 Å². The molecule has 23 heavy (non-hydrogen) atoms. The summed E-state index contributed by atoms with van der Waals surface area (Å²) in [4.78, 5) is 17.9. The number of hydrogen-bond acceptors (Lipinski definition) is 4. The SMILES string of the molecule is NC(=O)CN1CCC[C@@H](N2CCN(c3ccccc3F)CC2)C1. The van der Waals surface area contributed by atoms with Gasteiger partial charge in [-0.15, -0.1) is 0 Å². The molecule has 2 heterocycles. The van der Waals surface area contributed by atoms with Crippen LogP contribution in [0.5, 0.6) is 0 Å². The molecule has 0 radical (unpaired) electrons. The first-order valence-corrected chi connectivity index (χ1v) is 8.37. The van der Waals surface area contributed by atoms with Crippen molar-refractivity contribution in [3.05, 3.63) is 30.1 Å². The predicted octanol–water partition coefficient (Wildman–Crippen LogP) is 0.897. The number of anilines is 1. The lowest BCUT2D eigenvalue weighted by molar-refractivity contribution is -0.119. The maximum absolute atomic E-state index is 13.9. The molecular weight excluding hydrogens is 295 g/mol. The third-order valence-electron chi connectivity index (χ3n) is 4.88. The lowest BCUT2D eigenvalue weighted by Crippen LogP contribution is -2.55.